The minimum atomic E-state index is -0.0227. The van der Waals surface area contributed by atoms with Crippen LogP contribution in [0.4, 0.5) is 0 Å². The van der Waals surface area contributed by atoms with Crippen LogP contribution in [0.2, 0.25) is 0 Å². The highest BCUT2D eigenvalue weighted by Gasteiger charge is 2.21. The fourth-order valence-electron chi connectivity index (χ4n) is 2.84. The summed E-state index contributed by atoms with van der Waals surface area (Å²) >= 11 is 0. The predicted octanol–water partition coefficient (Wildman–Crippen LogP) is 2.08. The molecule has 1 aliphatic heterocycles. The van der Waals surface area contributed by atoms with Gasteiger partial charge in [-0.25, -0.2) is 0 Å². The van der Waals surface area contributed by atoms with Crippen molar-refractivity contribution in [1.82, 2.24) is 14.8 Å². The van der Waals surface area contributed by atoms with E-state index >= 15 is 0 Å². The second-order valence-corrected chi connectivity index (χ2v) is 6.10. The number of likely N-dealkylation sites (tertiary alicyclic amines) is 1. The number of carbonyl (C=O) groups excluding carboxylic acids is 2. The van der Waals surface area contributed by atoms with Crippen LogP contribution in [0.5, 0.6) is 0 Å². The summed E-state index contributed by atoms with van der Waals surface area (Å²) < 4.78 is 0. The maximum atomic E-state index is 12.3. The SMILES string of the molecule is CC(=O)N(CCC(=O)N1CCCC(C)C1)Cc1ccccn1. The van der Waals surface area contributed by atoms with Crippen LogP contribution in [0.25, 0.3) is 0 Å². The van der Waals surface area contributed by atoms with E-state index in [4.69, 9.17) is 0 Å². The Morgan fingerprint density at radius 3 is 2.86 bits per heavy atom. The van der Waals surface area contributed by atoms with Crippen molar-refractivity contribution < 1.29 is 9.59 Å². The van der Waals surface area contributed by atoms with Gasteiger partial charge in [-0.2, -0.15) is 0 Å². The number of rotatable bonds is 5. The molecule has 22 heavy (non-hydrogen) atoms. The molecule has 1 atom stereocenters. The fourth-order valence-corrected chi connectivity index (χ4v) is 2.84. The molecule has 5 heteroatoms. The Labute approximate surface area is 132 Å². The lowest BCUT2D eigenvalue weighted by atomic mass is 10.00. The molecule has 2 amide bonds. The van der Waals surface area contributed by atoms with E-state index in [1.165, 1.54) is 13.3 Å². The van der Waals surface area contributed by atoms with Crippen LogP contribution in [0.3, 0.4) is 0 Å². The topological polar surface area (TPSA) is 53.5 Å². The van der Waals surface area contributed by atoms with Crippen molar-refractivity contribution in [2.45, 2.75) is 39.7 Å². The Bertz CT molecular complexity index is 504. The Hall–Kier alpha value is -1.91. The quantitative estimate of drug-likeness (QED) is 0.837. The van der Waals surface area contributed by atoms with Gasteiger partial charge in [-0.1, -0.05) is 13.0 Å². The van der Waals surface area contributed by atoms with E-state index in [2.05, 4.69) is 11.9 Å². The molecule has 0 bridgehead atoms. The minimum Gasteiger partial charge on any atom is -0.342 e. The zero-order valence-electron chi connectivity index (χ0n) is 13.5. The Kier molecular flexibility index (Phi) is 5.92. The van der Waals surface area contributed by atoms with Crippen LogP contribution >= 0.6 is 0 Å². The third-order valence-corrected chi connectivity index (χ3v) is 4.13. The molecule has 1 fully saturated rings. The van der Waals surface area contributed by atoms with E-state index in [9.17, 15) is 9.59 Å². The monoisotopic (exact) mass is 303 g/mol. The average Bonchev–Trinajstić information content (AvgIpc) is 2.51. The highest BCUT2D eigenvalue weighted by Crippen LogP contribution is 2.16. The van der Waals surface area contributed by atoms with E-state index in [1.54, 1.807) is 11.1 Å². The summed E-state index contributed by atoms with van der Waals surface area (Å²) in [6.45, 7) is 6.33. The maximum Gasteiger partial charge on any atom is 0.224 e. The van der Waals surface area contributed by atoms with E-state index in [1.807, 2.05) is 23.1 Å². The predicted molar refractivity (Wildman–Crippen MR) is 84.9 cm³/mol. The molecule has 0 N–H and O–H groups in total. The summed E-state index contributed by atoms with van der Waals surface area (Å²) in [5.41, 5.74) is 0.844. The average molecular weight is 303 g/mol. The maximum absolute atomic E-state index is 12.3. The first-order valence-electron chi connectivity index (χ1n) is 7.99. The Morgan fingerprint density at radius 2 is 2.23 bits per heavy atom. The van der Waals surface area contributed by atoms with Crippen molar-refractivity contribution >= 4 is 11.8 Å². The molecule has 0 aromatic carbocycles. The van der Waals surface area contributed by atoms with Crippen molar-refractivity contribution in [3.05, 3.63) is 30.1 Å². The molecule has 1 saturated heterocycles. The fraction of sp³-hybridized carbons (Fsp3) is 0.588. The lowest BCUT2D eigenvalue weighted by Gasteiger charge is -2.31. The molecule has 0 radical (unpaired) electrons. The molecule has 1 aromatic rings. The third kappa shape index (κ3) is 4.83. The molecule has 2 heterocycles. The van der Waals surface area contributed by atoms with Crippen LogP contribution < -0.4 is 0 Å². The lowest BCUT2D eigenvalue weighted by Crippen LogP contribution is -2.41. The van der Waals surface area contributed by atoms with Crippen molar-refractivity contribution in [2.75, 3.05) is 19.6 Å². The summed E-state index contributed by atoms with van der Waals surface area (Å²) in [5, 5.41) is 0. The number of nitrogens with zero attached hydrogens (tertiary/aromatic N) is 3. The molecule has 120 valence electrons. The van der Waals surface area contributed by atoms with Gasteiger partial charge < -0.3 is 9.80 Å². The van der Waals surface area contributed by atoms with Crippen LogP contribution in [0.15, 0.2) is 24.4 Å². The number of carbonyl (C=O) groups is 2. The normalized spacial score (nSPS) is 18.1. The smallest absolute Gasteiger partial charge is 0.224 e. The molecule has 2 rings (SSSR count). The van der Waals surface area contributed by atoms with E-state index in [-0.39, 0.29) is 11.8 Å². The van der Waals surface area contributed by atoms with E-state index < -0.39 is 0 Å². The van der Waals surface area contributed by atoms with Crippen LogP contribution in [0, 0.1) is 5.92 Å². The lowest BCUT2D eigenvalue weighted by molar-refractivity contribution is -0.135. The zero-order chi connectivity index (χ0) is 15.9. The van der Waals surface area contributed by atoms with Gasteiger partial charge in [0, 0.05) is 39.2 Å². The minimum absolute atomic E-state index is 0.0227. The van der Waals surface area contributed by atoms with Crippen molar-refractivity contribution in [3.8, 4) is 0 Å². The number of pyridine rings is 1. The molecule has 0 spiro atoms. The third-order valence-electron chi connectivity index (χ3n) is 4.13. The molecule has 5 nitrogen and oxygen atoms in total. The number of amides is 2. The Balaban J connectivity index is 1.86. The molecular formula is C17H25N3O2. The second-order valence-electron chi connectivity index (χ2n) is 6.10. The summed E-state index contributed by atoms with van der Waals surface area (Å²) in [7, 11) is 0. The molecule has 0 saturated carbocycles. The van der Waals surface area contributed by atoms with Gasteiger partial charge in [0.15, 0.2) is 0 Å². The van der Waals surface area contributed by atoms with Gasteiger partial charge in [-0.3, -0.25) is 14.6 Å². The largest absolute Gasteiger partial charge is 0.342 e. The van der Waals surface area contributed by atoms with Gasteiger partial charge in [-0.05, 0) is 30.9 Å². The highest BCUT2D eigenvalue weighted by molar-refractivity contribution is 5.78. The van der Waals surface area contributed by atoms with Gasteiger partial charge in [0.2, 0.25) is 11.8 Å². The summed E-state index contributed by atoms with van der Waals surface area (Å²) in [5.74, 6) is 0.708. The van der Waals surface area contributed by atoms with Crippen molar-refractivity contribution in [3.63, 3.8) is 0 Å². The number of hydrogen-bond acceptors (Lipinski definition) is 3. The summed E-state index contributed by atoms with van der Waals surface area (Å²) in [4.78, 5) is 31.9. The highest BCUT2D eigenvalue weighted by atomic mass is 16.2. The molecule has 1 unspecified atom stereocenters. The van der Waals surface area contributed by atoms with Crippen LogP contribution in [-0.4, -0.2) is 46.2 Å². The summed E-state index contributed by atoms with van der Waals surface area (Å²) in [6, 6.07) is 5.65. The van der Waals surface area contributed by atoms with Crippen LogP contribution in [0.1, 0.15) is 38.8 Å². The first-order chi connectivity index (χ1) is 10.6. The Morgan fingerprint density at radius 1 is 1.41 bits per heavy atom. The molecule has 0 aliphatic carbocycles. The second kappa shape index (κ2) is 7.92. The molecule has 1 aromatic heterocycles. The molecule has 1 aliphatic rings. The standard InChI is InChI=1S/C17H25N3O2/c1-14-6-5-10-20(12-14)17(22)8-11-19(15(2)21)13-16-7-3-4-9-18-16/h3-4,7,9,14H,5-6,8,10-13H2,1-2H3. The van der Waals surface area contributed by atoms with E-state index in [0.29, 0.717) is 25.4 Å². The van der Waals surface area contributed by atoms with Gasteiger partial charge in [-0.15, -0.1) is 0 Å². The summed E-state index contributed by atoms with van der Waals surface area (Å²) in [6.07, 6.45) is 4.38. The first-order valence-corrected chi connectivity index (χ1v) is 7.99. The van der Waals surface area contributed by atoms with Gasteiger partial charge >= 0.3 is 0 Å². The number of piperidine rings is 1. The van der Waals surface area contributed by atoms with Gasteiger partial charge in [0.05, 0.1) is 12.2 Å². The van der Waals surface area contributed by atoms with Gasteiger partial charge in [0.25, 0.3) is 0 Å². The van der Waals surface area contributed by atoms with Crippen LogP contribution in [-0.2, 0) is 16.1 Å². The zero-order valence-corrected chi connectivity index (χ0v) is 13.5. The molecular weight excluding hydrogens is 278 g/mol. The van der Waals surface area contributed by atoms with Gasteiger partial charge in [0.1, 0.15) is 0 Å². The van der Waals surface area contributed by atoms with Crippen molar-refractivity contribution in [1.29, 1.82) is 0 Å². The number of aromatic nitrogens is 1. The number of hydrogen-bond donors (Lipinski definition) is 0. The van der Waals surface area contributed by atoms with Crippen molar-refractivity contribution in [2.24, 2.45) is 5.92 Å². The first kappa shape index (κ1) is 16.5. The van der Waals surface area contributed by atoms with E-state index in [0.717, 1.165) is 25.2 Å².